The number of halogens is 2. The van der Waals surface area contributed by atoms with Crippen LogP contribution >= 0.6 is 23.2 Å². The van der Waals surface area contributed by atoms with Crippen molar-refractivity contribution in [1.29, 1.82) is 0 Å². The predicted octanol–water partition coefficient (Wildman–Crippen LogP) is 6.37. The van der Waals surface area contributed by atoms with Crippen LogP contribution in [-0.4, -0.2) is 23.0 Å². The SMILES string of the molecule is Cc1c(O)c(C(=O)Nc2ccc(C(=O)NC(=O)Nc3ccccc3Cl)cc2Cl)cc2ccccc12. The Morgan fingerprint density at radius 3 is 2.20 bits per heavy atom. The molecule has 0 atom stereocenters. The molecular weight excluding hydrogens is 489 g/mol. The third-order valence-electron chi connectivity index (χ3n) is 5.35. The van der Waals surface area contributed by atoms with Crippen LogP contribution in [0.5, 0.6) is 5.75 Å². The Kier molecular flexibility index (Phi) is 6.91. The Hall–Kier alpha value is -4.07. The van der Waals surface area contributed by atoms with Crippen molar-refractivity contribution in [2.24, 2.45) is 0 Å². The second-order valence-electron chi connectivity index (χ2n) is 7.66. The molecule has 0 saturated carbocycles. The molecular formula is C26H19Cl2N3O4. The van der Waals surface area contributed by atoms with E-state index in [9.17, 15) is 19.5 Å². The number of anilines is 2. The number of hydrogen-bond donors (Lipinski definition) is 4. The first-order valence-corrected chi connectivity index (χ1v) is 11.2. The largest absolute Gasteiger partial charge is 0.507 e. The van der Waals surface area contributed by atoms with E-state index in [2.05, 4.69) is 16.0 Å². The van der Waals surface area contributed by atoms with Crippen LogP contribution in [0.1, 0.15) is 26.3 Å². The lowest BCUT2D eigenvalue weighted by atomic mass is 10.00. The van der Waals surface area contributed by atoms with E-state index in [0.29, 0.717) is 16.3 Å². The lowest BCUT2D eigenvalue weighted by molar-refractivity contribution is 0.0966. The quantitative estimate of drug-likeness (QED) is 0.257. The molecule has 176 valence electrons. The summed E-state index contributed by atoms with van der Waals surface area (Å²) in [6, 6.07) is 19.0. The van der Waals surface area contributed by atoms with Crippen LogP contribution < -0.4 is 16.0 Å². The Morgan fingerprint density at radius 1 is 0.771 bits per heavy atom. The zero-order valence-electron chi connectivity index (χ0n) is 18.4. The van der Waals surface area contributed by atoms with Gasteiger partial charge in [-0.05, 0) is 59.7 Å². The summed E-state index contributed by atoms with van der Waals surface area (Å²) < 4.78 is 0. The molecule has 4 rings (SSSR count). The molecule has 4 aromatic rings. The van der Waals surface area contributed by atoms with E-state index in [1.165, 1.54) is 18.2 Å². The van der Waals surface area contributed by atoms with Gasteiger partial charge in [0.25, 0.3) is 11.8 Å². The number of carbonyl (C=O) groups is 3. The molecule has 4 aromatic carbocycles. The van der Waals surface area contributed by atoms with E-state index >= 15 is 0 Å². The maximum atomic E-state index is 12.9. The number of urea groups is 1. The van der Waals surface area contributed by atoms with Crippen molar-refractivity contribution >= 4 is 63.2 Å². The van der Waals surface area contributed by atoms with Crippen LogP contribution in [0.15, 0.2) is 72.8 Å². The molecule has 0 aliphatic heterocycles. The van der Waals surface area contributed by atoms with Crippen LogP contribution in [0.3, 0.4) is 0 Å². The predicted molar refractivity (Wildman–Crippen MR) is 138 cm³/mol. The molecule has 0 radical (unpaired) electrons. The fourth-order valence-electron chi connectivity index (χ4n) is 3.53. The smallest absolute Gasteiger partial charge is 0.326 e. The van der Waals surface area contributed by atoms with Gasteiger partial charge in [0, 0.05) is 5.56 Å². The van der Waals surface area contributed by atoms with Gasteiger partial charge in [0.15, 0.2) is 0 Å². The van der Waals surface area contributed by atoms with E-state index in [0.717, 1.165) is 10.8 Å². The normalized spacial score (nSPS) is 10.6. The van der Waals surface area contributed by atoms with Gasteiger partial charge < -0.3 is 15.7 Å². The summed E-state index contributed by atoms with van der Waals surface area (Å²) in [5.41, 5.74) is 1.37. The van der Waals surface area contributed by atoms with Crippen molar-refractivity contribution in [3.05, 3.63) is 99.5 Å². The van der Waals surface area contributed by atoms with Crippen molar-refractivity contribution in [1.82, 2.24) is 5.32 Å². The van der Waals surface area contributed by atoms with Gasteiger partial charge in [-0.15, -0.1) is 0 Å². The molecule has 4 amide bonds. The van der Waals surface area contributed by atoms with Gasteiger partial charge in [-0.3, -0.25) is 14.9 Å². The number of nitrogens with one attached hydrogen (secondary N) is 3. The highest BCUT2D eigenvalue weighted by molar-refractivity contribution is 6.35. The fourth-order valence-corrected chi connectivity index (χ4v) is 3.94. The van der Waals surface area contributed by atoms with Crippen LogP contribution in [0.2, 0.25) is 10.0 Å². The standard InChI is InChI=1S/C26H19Cl2N3O4/c1-14-17-7-3-2-6-15(17)12-18(23(14)32)25(34)29-22-11-10-16(13-20(22)28)24(33)31-26(35)30-21-9-5-4-8-19(21)27/h2-13,32H,1H3,(H,29,34)(H2,30,31,33,35). The molecule has 0 bridgehead atoms. The third kappa shape index (κ3) is 5.21. The number of phenolic OH excluding ortho intramolecular Hbond substituents is 1. The number of benzene rings is 4. The first kappa shape index (κ1) is 24.1. The summed E-state index contributed by atoms with van der Waals surface area (Å²) in [6.45, 7) is 1.73. The topological polar surface area (TPSA) is 108 Å². The van der Waals surface area contributed by atoms with Gasteiger partial charge in [-0.1, -0.05) is 59.6 Å². The summed E-state index contributed by atoms with van der Waals surface area (Å²) in [6.07, 6.45) is 0. The molecule has 0 aliphatic rings. The average Bonchev–Trinajstić information content (AvgIpc) is 2.84. The van der Waals surface area contributed by atoms with Crippen molar-refractivity contribution in [2.45, 2.75) is 6.92 Å². The van der Waals surface area contributed by atoms with Gasteiger partial charge in [-0.25, -0.2) is 4.79 Å². The van der Waals surface area contributed by atoms with Gasteiger partial charge in [0.05, 0.1) is 27.0 Å². The molecule has 35 heavy (non-hydrogen) atoms. The molecule has 0 fully saturated rings. The lowest BCUT2D eigenvalue weighted by Gasteiger charge is -2.13. The van der Waals surface area contributed by atoms with Crippen LogP contribution in [0, 0.1) is 6.92 Å². The first-order valence-electron chi connectivity index (χ1n) is 10.4. The molecule has 0 aliphatic carbocycles. The summed E-state index contributed by atoms with van der Waals surface area (Å²) in [5, 5.41) is 19.9. The summed E-state index contributed by atoms with van der Waals surface area (Å²) in [4.78, 5) is 37.5. The van der Waals surface area contributed by atoms with Crippen molar-refractivity contribution in [2.75, 3.05) is 10.6 Å². The molecule has 0 spiro atoms. The number of phenols is 1. The fraction of sp³-hybridized carbons (Fsp3) is 0.0385. The van der Waals surface area contributed by atoms with E-state index in [1.54, 1.807) is 37.3 Å². The highest BCUT2D eigenvalue weighted by Crippen LogP contribution is 2.32. The molecule has 0 aromatic heterocycles. The monoisotopic (exact) mass is 507 g/mol. The number of para-hydroxylation sites is 1. The Bertz CT molecular complexity index is 1490. The number of carbonyl (C=O) groups excluding carboxylic acids is 3. The summed E-state index contributed by atoms with van der Waals surface area (Å²) in [7, 11) is 0. The van der Waals surface area contributed by atoms with Crippen LogP contribution in [0.4, 0.5) is 16.2 Å². The van der Waals surface area contributed by atoms with Crippen LogP contribution in [0.25, 0.3) is 10.8 Å². The summed E-state index contributed by atoms with van der Waals surface area (Å²) in [5.74, 6) is -1.38. The molecule has 7 nitrogen and oxygen atoms in total. The maximum Gasteiger partial charge on any atom is 0.326 e. The van der Waals surface area contributed by atoms with Crippen molar-refractivity contribution < 1.29 is 19.5 Å². The highest BCUT2D eigenvalue weighted by Gasteiger charge is 2.18. The Labute approximate surface area is 210 Å². The molecule has 0 saturated heterocycles. The van der Waals surface area contributed by atoms with Gasteiger partial charge in [0.2, 0.25) is 0 Å². The van der Waals surface area contributed by atoms with Gasteiger partial charge >= 0.3 is 6.03 Å². The number of aryl methyl sites for hydroxylation is 1. The van der Waals surface area contributed by atoms with Gasteiger partial charge in [-0.2, -0.15) is 0 Å². The average molecular weight is 508 g/mol. The van der Waals surface area contributed by atoms with Gasteiger partial charge in [0.1, 0.15) is 5.75 Å². The second-order valence-corrected chi connectivity index (χ2v) is 8.47. The van der Waals surface area contributed by atoms with E-state index in [1.807, 2.05) is 24.3 Å². The number of amides is 4. The molecule has 0 heterocycles. The van der Waals surface area contributed by atoms with Crippen molar-refractivity contribution in [3.63, 3.8) is 0 Å². The van der Waals surface area contributed by atoms with E-state index in [4.69, 9.17) is 23.2 Å². The first-order chi connectivity index (χ1) is 16.7. The van der Waals surface area contributed by atoms with E-state index in [-0.39, 0.29) is 27.6 Å². The van der Waals surface area contributed by atoms with E-state index < -0.39 is 17.8 Å². The highest BCUT2D eigenvalue weighted by atomic mass is 35.5. The van der Waals surface area contributed by atoms with Crippen LogP contribution in [-0.2, 0) is 0 Å². The zero-order chi connectivity index (χ0) is 25.1. The zero-order valence-corrected chi connectivity index (χ0v) is 19.9. The minimum absolute atomic E-state index is 0.0783. The molecule has 9 heteroatoms. The summed E-state index contributed by atoms with van der Waals surface area (Å²) >= 11 is 12.3. The molecule has 4 N–H and O–H groups in total. The minimum atomic E-state index is -0.765. The Morgan fingerprint density at radius 2 is 1.46 bits per heavy atom. The third-order valence-corrected chi connectivity index (χ3v) is 5.99. The minimum Gasteiger partial charge on any atom is -0.507 e. The molecule has 0 unspecified atom stereocenters. The number of hydrogen-bond acceptors (Lipinski definition) is 4. The lowest BCUT2D eigenvalue weighted by Crippen LogP contribution is -2.34. The Balaban J connectivity index is 1.47. The number of fused-ring (bicyclic) bond motifs is 1. The number of rotatable bonds is 4. The number of imide groups is 1. The second kappa shape index (κ2) is 10.0. The number of aromatic hydroxyl groups is 1. The maximum absolute atomic E-state index is 12.9. The van der Waals surface area contributed by atoms with Crippen molar-refractivity contribution in [3.8, 4) is 5.75 Å².